The monoisotopic (exact) mass is 426 g/mol. The number of hydrogen-bond acceptors (Lipinski definition) is 4. The van der Waals surface area contributed by atoms with E-state index in [0.717, 1.165) is 0 Å². The molecular formula is C18H6Cl4O4. The number of carbonyl (C=O) groups is 4. The summed E-state index contributed by atoms with van der Waals surface area (Å²) in [6.45, 7) is 0. The Kier molecular flexibility index (Phi) is 6.57. The number of carbonyl (C=O) groups excluding carboxylic acids is 4. The van der Waals surface area contributed by atoms with Crippen molar-refractivity contribution in [3.63, 3.8) is 0 Å². The highest BCUT2D eigenvalue weighted by Gasteiger charge is 2.11. The van der Waals surface area contributed by atoms with Crippen LogP contribution in [0.5, 0.6) is 0 Å². The second-order valence-electron chi connectivity index (χ2n) is 4.94. The van der Waals surface area contributed by atoms with Crippen molar-refractivity contribution in [3.8, 4) is 11.8 Å². The molecule has 0 atom stereocenters. The molecule has 2 rings (SSSR count). The van der Waals surface area contributed by atoms with Crippen LogP contribution in [-0.2, 0) is 0 Å². The predicted octanol–water partition coefficient (Wildman–Crippen LogP) is 4.60. The average Bonchev–Trinajstić information content (AvgIpc) is 2.59. The third-order valence-corrected chi connectivity index (χ3v) is 4.00. The van der Waals surface area contributed by atoms with Gasteiger partial charge in [-0.15, -0.1) is 0 Å². The van der Waals surface area contributed by atoms with E-state index in [1.54, 1.807) is 0 Å². The fourth-order valence-electron chi connectivity index (χ4n) is 2.00. The normalized spacial score (nSPS) is 9.85. The Hall–Kier alpha value is -2.16. The molecule has 0 radical (unpaired) electrons. The Morgan fingerprint density at radius 2 is 0.731 bits per heavy atom. The van der Waals surface area contributed by atoms with E-state index in [1.165, 1.54) is 36.4 Å². The van der Waals surface area contributed by atoms with Gasteiger partial charge in [0.25, 0.3) is 21.0 Å². The zero-order valence-electron chi connectivity index (χ0n) is 12.6. The number of rotatable bonds is 4. The quantitative estimate of drug-likeness (QED) is 0.528. The van der Waals surface area contributed by atoms with Gasteiger partial charge in [-0.1, -0.05) is 11.8 Å². The topological polar surface area (TPSA) is 68.3 Å². The summed E-state index contributed by atoms with van der Waals surface area (Å²) >= 11 is 21.7. The minimum atomic E-state index is -0.780. The van der Waals surface area contributed by atoms with Gasteiger partial charge in [0.05, 0.1) is 0 Å². The average molecular weight is 428 g/mol. The molecule has 0 saturated heterocycles. The maximum Gasteiger partial charge on any atom is 0.252 e. The standard InChI is InChI=1S/C18H6Cl4O4/c19-15(23)11-3-9(4-12(7-11)16(20)24)1-2-10-5-13(17(21)25)8-14(6-10)18(22)26/h3-8H. The van der Waals surface area contributed by atoms with Crippen molar-refractivity contribution in [2.75, 3.05) is 0 Å². The highest BCUT2D eigenvalue weighted by atomic mass is 35.5. The fourth-order valence-corrected chi connectivity index (χ4v) is 2.43. The SMILES string of the molecule is O=C(Cl)c1cc(C#Cc2cc(C(=O)Cl)cc(C(=O)Cl)c2)cc(C(=O)Cl)c1. The van der Waals surface area contributed by atoms with E-state index < -0.39 is 21.0 Å². The molecule has 0 amide bonds. The second kappa shape index (κ2) is 8.48. The van der Waals surface area contributed by atoms with Gasteiger partial charge in [0, 0.05) is 33.4 Å². The third kappa shape index (κ3) is 5.17. The first kappa shape index (κ1) is 20.2. The molecule has 0 unspecified atom stereocenters. The first-order valence-electron chi connectivity index (χ1n) is 6.79. The van der Waals surface area contributed by atoms with E-state index in [1.807, 2.05) is 0 Å². The molecule has 8 heteroatoms. The molecule has 0 aliphatic heterocycles. The summed E-state index contributed by atoms with van der Waals surface area (Å²) in [4.78, 5) is 45.4. The Morgan fingerprint density at radius 3 is 0.923 bits per heavy atom. The van der Waals surface area contributed by atoms with Gasteiger partial charge < -0.3 is 0 Å². The van der Waals surface area contributed by atoms with Crippen molar-refractivity contribution in [1.29, 1.82) is 0 Å². The van der Waals surface area contributed by atoms with Gasteiger partial charge in [-0.3, -0.25) is 19.2 Å². The van der Waals surface area contributed by atoms with Crippen LogP contribution in [0.25, 0.3) is 0 Å². The van der Waals surface area contributed by atoms with Crippen molar-refractivity contribution in [1.82, 2.24) is 0 Å². The summed E-state index contributed by atoms with van der Waals surface area (Å²) < 4.78 is 0. The van der Waals surface area contributed by atoms with Gasteiger partial charge in [-0.2, -0.15) is 0 Å². The lowest BCUT2D eigenvalue weighted by atomic mass is 10.0. The van der Waals surface area contributed by atoms with E-state index in [9.17, 15) is 19.2 Å². The van der Waals surface area contributed by atoms with Crippen LogP contribution in [0.3, 0.4) is 0 Å². The Morgan fingerprint density at radius 1 is 0.500 bits per heavy atom. The van der Waals surface area contributed by atoms with Crippen molar-refractivity contribution >= 4 is 67.4 Å². The molecular weight excluding hydrogens is 422 g/mol. The van der Waals surface area contributed by atoms with Crippen LogP contribution >= 0.6 is 46.4 Å². The zero-order chi connectivity index (χ0) is 19.4. The van der Waals surface area contributed by atoms with E-state index in [2.05, 4.69) is 11.8 Å². The summed E-state index contributed by atoms with van der Waals surface area (Å²) in [5.41, 5.74) is 0.740. The maximum absolute atomic E-state index is 11.3. The van der Waals surface area contributed by atoms with Gasteiger partial charge >= 0.3 is 0 Å². The van der Waals surface area contributed by atoms with E-state index in [0.29, 0.717) is 0 Å². The Bertz CT molecular complexity index is 872. The van der Waals surface area contributed by atoms with Crippen molar-refractivity contribution in [2.45, 2.75) is 0 Å². The van der Waals surface area contributed by atoms with Crippen LogP contribution in [0.4, 0.5) is 0 Å². The molecule has 4 nitrogen and oxygen atoms in total. The maximum atomic E-state index is 11.3. The van der Waals surface area contributed by atoms with E-state index in [4.69, 9.17) is 46.4 Å². The summed E-state index contributed by atoms with van der Waals surface area (Å²) in [5, 5.41) is -3.12. The predicted molar refractivity (Wildman–Crippen MR) is 99.6 cm³/mol. The molecule has 0 saturated carbocycles. The van der Waals surface area contributed by atoms with Crippen LogP contribution in [0.2, 0.25) is 0 Å². The molecule has 0 heterocycles. The molecule has 0 fully saturated rings. The molecule has 130 valence electrons. The van der Waals surface area contributed by atoms with Gasteiger partial charge in [-0.25, -0.2) is 0 Å². The summed E-state index contributed by atoms with van der Waals surface area (Å²) in [5.74, 6) is 5.41. The molecule has 26 heavy (non-hydrogen) atoms. The van der Waals surface area contributed by atoms with Crippen molar-refractivity contribution < 1.29 is 19.2 Å². The molecule has 0 N–H and O–H groups in total. The first-order chi connectivity index (χ1) is 12.2. The lowest BCUT2D eigenvalue weighted by Crippen LogP contribution is -1.97. The third-order valence-electron chi connectivity index (χ3n) is 3.13. The second-order valence-corrected chi connectivity index (χ2v) is 6.32. The van der Waals surface area contributed by atoms with Crippen LogP contribution in [0, 0.1) is 11.8 Å². The van der Waals surface area contributed by atoms with Crippen LogP contribution < -0.4 is 0 Å². The molecule has 2 aromatic rings. The first-order valence-corrected chi connectivity index (χ1v) is 8.30. The highest BCUT2D eigenvalue weighted by Crippen LogP contribution is 2.16. The molecule has 0 aromatic heterocycles. The van der Waals surface area contributed by atoms with Gasteiger partial charge in [0.1, 0.15) is 0 Å². The number of halogens is 4. The number of hydrogen-bond donors (Lipinski definition) is 0. The van der Waals surface area contributed by atoms with Crippen LogP contribution in [-0.4, -0.2) is 21.0 Å². The van der Waals surface area contributed by atoms with Crippen LogP contribution in [0.1, 0.15) is 52.6 Å². The molecule has 0 bridgehead atoms. The largest absolute Gasteiger partial charge is 0.276 e. The fraction of sp³-hybridized carbons (Fsp3) is 0. The molecule has 0 aliphatic rings. The molecule has 2 aromatic carbocycles. The van der Waals surface area contributed by atoms with Crippen LogP contribution in [0.15, 0.2) is 36.4 Å². The zero-order valence-corrected chi connectivity index (χ0v) is 15.6. The summed E-state index contributed by atoms with van der Waals surface area (Å²) in [6, 6.07) is 7.97. The van der Waals surface area contributed by atoms with E-state index in [-0.39, 0.29) is 33.4 Å². The summed E-state index contributed by atoms with van der Waals surface area (Å²) in [6.07, 6.45) is 0. The Labute approximate surface area is 168 Å². The minimum Gasteiger partial charge on any atom is -0.276 e. The molecule has 0 spiro atoms. The van der Waals surface area contributed by atoms with Crippen molar-refractivity contribution in [3.05, 3.63) is 69.8 Å². The molecule has 0 aliphatic carbocycles. The van der Waals surface area contributed by atoms with Crippen molar-refractivity contribution in [2.24, 2.45) is 0 Å². The van der Waals surface area contributed by atoms with Gasteiger partial charge in [0.2, 0.25) is 0 Å². The lowest BCUT2D eigenvalue weighted by Gasteiger charge is -2.01. The number of benzene rings is 2. The Balaban J connectivity index is 2.55. The van der Waals surface area contributed by atoms with Gasteiger partial charge in [-0.05, 0) is 82.8 Å². The lowest BCUT2D eigenvalue weighted by molar-refractivity contribution is 0.106. The minimum absolute atomic E-state index is 0.0452. The summed E-state index contributed by atoms with van der Waals surface area (Å²) in [7, 11) is 0. The smallest absolute Gasteiger partial charge is 0.252 e. The van der Waals surface area contributed by atoms with E-state index >= 15 is 0 Å². The highest BCUT2D eigenvalue weighted by molar-refractivity contribution is 6.69. The van der Waals surface area contributed by atoms with Gasteiger partial charge in [0.15, 0.2) is 0 Å².